The third-order valence-electron chi connectivity index (χ3n) is 3.31. The number of aromatic nitrogens is 1. The van der Waals surface area contributed by atoms with E-state index in [1.54, 1.807) is 13.2 Å². The highest BCUT2D eigenvalue weighted by molar-refractivity contribution is 5.64. The van der Waals surface area contributed by atoms with Gasteiger partial charge in [0.1, 0.15) is 0 Å². The largest absolute Gasteiger partial charge is 0.481 e. The van der Waals surface area contributed by atoms with Gasteiger partial charge in [0.25, 0.3) is 0 Å². The van der Waals surface area contributed by atoms with Crippen molar-refractivity contribution in [3.05, 3.63) is 12.1 Å². The lowest BCUT2D eigenvalue weighted by Crippen LogP contribution is -2.38. The molecule has 19 heavy (non-hydrogen) atoms. The van der Waals surface area contributed by atoms with Crippen molar-refractivity contribution in [3.8, 4) is 5.88 Å². The second-order valence-corrected chi connectivity index (χ2v) is 5.28. The number of hydrogen-bond donors (Lipinski definition) is 1. The summed E-state index contributed by atoms with van der Waals surface area (Å²) in [6.45, 7) is 9.80. The highest BCUT2D eigenvalue weighted by Gasteiger charge is 2.20. The predicted octanol–water partition coefficient (Wildman–Crippen LogP) is 3.32. The van der Waals surface area contributed by atoms with Gasteiger partial charge < -0.3 is 15.4 Å². The molecular weight excluding hydrogens is 238 g/mol. The fourth-order valence-electron chi connectivity index (χ4n) is 2.32. The van der Waals surface area contributed by atoms with E-state index in [0.29, 0.717) is 23.5 Å². The van der Waals surface area contributed by atoms with Crippen molar-refractivity contribution in [3.63, 3.8) is 0 Å². The van der Waals surface area contributed by atoms with Gasteiger partial charge in [0, 0.05) is 18.7 Å². The lowest BCUT2D eigenvalue weighted by atomic mass is 10.1. The zero-order chi connectivity index (χ0) is 14.4. The van der Waals surface area contributed by atoms with Crippen LogP contribution >= 0.6 is 0 Å². The van der Waals surface area contributed by atoms with Crippen LogP contribution in [0.3, 0.4) is 0 Å². The quantitative estimate of drug-likeness (QED) is 0.821. The molecule has 108 valence electrons. The van der Waals surface area contributed by atoms with Crippen LogP contribution in [0.25, 0.3) is 0 Å². The maximum absolute atomic E-state index is 6.11. The van der Waals surface area contributed by atoms with E-state index in [1.807, 2.05) is 6.07 Å². The number of methoxy groups -OCH3 is 1. The van der Waals surface area contributed by atoms with Gasteiger partial charge in [-0.2, -0.15) is 4.98 Å². The van der Waals surface area contributed by atoms with Gasteiger partial charge in [0.2, 0.25) is 5.88 Å². The van der Waals surface area contributed by atoms with Crippen molar-refractivity contribution >= 4 is 11.5 Å². The first-order valence-corrected chi connectivity index (χ1v) is 7.10. The van der Waals surface area contributed by atoms with Crippen molar-refractivity contribution in [1.29, 1.82) is 0 Å². The maximum Gasteiger partial charge on any atom is 0.215 e. The number of nitrogen functional groups attached to an aromatic ring is 1. The minimum absolute atomic E-state index is 0.462. The number of nitrogens with zero attached hydrogens (tertiary/aromatic N) is 2. The summed E-state index contributed by atoms with van der Waals surface area (Å²) in [5, 5.41) is 0. The number of nitrogens with two attached hydrogens (primary N) is 1. The molecule has 0 aromatic carbocycles. The van der Waals surface area contributed by atoms with Gasteiger partial charge in [-0.15, -0.1) is 0 Å². The molecule has 0 amide bonds. The summed E-state index contributed by atoms with van der Waals surface area (Å²) in [4.78, 5) is 6.86. The van der Waals surface area contributed by atoms with Crippen LogP contribution in [0, 0.1) is 5.92 Å². The molecule has 0 atom stereocenters. The van der Waals surface area contributed by atoms with Crippen LogP contribution in [0.15, 0.2) is 12.1 Å². The Bertz CT molecular complexity index is 389. The maximum atomic E-state index is 6.11. The average molecular weight is 265 g/mol. The minimum atomic E-state index is 0.462. The first-order valence-electron chi connectivity index (χ1n) is 7.10. The van der Waals surface area contributed by atoms with Crippen molar-refractivity contribution in [1.82, 2.24) is 4.98 Å². The smallest absolute Gasteiger partial charge is 0.215 e. The van der Waals surface area contributed by atoms with Gasteiger partial charge in [0.15, 0.2) is 5.82 Å². The van der Waals surface area contributed by atoms with Crippen LogP contribution in [0.2, 0.25) is 0 Å². The average Bonchev–Trinajstić information content (AvgIpc) is 2.39. The Morgan fingerprint density at radius 1 is 1.26 bits per heavy atom. The molecule has 1 aromatic heterocycles. The molecule has 0 aliphatic rings. The fraction of sp³-hybridized carbons (Fsp3) is 0.667. The van der Waals surface area contributed by atoms with Crippen molar-refractivity contribution < 1.29 is 4.74 Å². The molecule has 0 bridgehead atoms. The van der Waals surface area contributed by atoms with E-state index in [2.05, 4.69) is 37.6 Å². The molecule has 0 aliphatic carbocycles. The van der Waals surface area contributed by atoms with Crippen molar-refractivity contribution in [2.45, 2.75) is 46.6 Å². The third-order valence-corrected chi connectivity index (χ3v) is 3.31. The summed E-state index contributed by atoms with van der Waals surface area (Å²) in [6.07, 6.45) is 2.17. The summed E-state index contributed by atoms with van der Waals surface area (Å²) >= 11 is 0. The molecule has 4 heteroatoms. The first-order chi connectivity index (χ1) is 9.03. The molecule has 1 aromatic rings. The number of hydrogen-bond acceptors (Lipinski definition) is 4. The molecule has 1 heterocycles. The molecule has 0 radical (unpaired) electrons. The standard InChI is InChI=1S/C15H27N3O/c1-6-12(7-2)18(10-11(3)4)15-13(16)8-9-14(17-15)19-5/h8-9,11-12H,6-7,10,16H2,1-5H3. The molecule has 4 nitrogen and oxygen atoms in total. The Morgan fingerprint density at radius 2 is 1.89 bits per heavy atom. The monoisotopic (exact) mass is 265 g/mol. The molecular formula is C15H27N3O. The van der Waals surface area contributed by atoms with Gasteiger partial charge >= 0.3 is 0 Å². The van der Waals surface area contributed by atoms with Gasteiger partial charge in [-0.1, -0.05) is 27.7 Å². The molecule has 1 rings (SSSR count). The molecule has 0 spiro atoms. The molecule has 2 N–H and O–H groups in total. The van der Waals surface area contributed by atoms with E-state index < -0.39 is 0 Å². The number of anilines is 2. The number of rotatable bonds is 7. The topological polar surface area (TPSA) is 51.4 Å². The molecule has 0 fully saturated rings. The van der Waals surface area contributed by atoms with Crippen LogP contribution in [0.5, 0.6) is 5.88 Å². The summed E-state index contributed by atoms with van der Waals surface area (Å²) in [7, 11) is 1.63. The summed E-state index contributed by atoms with van der Waals surface area (Å²) in [5.74, 6) is 2.03. The lowest BCUT2D eigenvalue weighted by Gasteiger charge is -2.34. The Hall–Kier alpha value is -1.45. The number of pyridine rings is 1. The highest BCUT2D eigenvalue weighted by Crippen LogP contribution is 2.28. The molecule has 0 saturated carbocycles. The van der Waals surface area contributed by atoms with Gasteiger partial charge in [-0.05, 0) is 24.8 Å². The number of ether oxygens (including phenoxy) is 1. The van der Waals surface area contributed by atoms with Gasteiger partial charge in [-0.25, -0.2) is 0 Å². The Labute approximate surface area is 117 Å². The zero-order valence-electron chi connectivity index (χ0n) is 12.8. The van der Waals surface area contributed by atoms with Crippen LogP contribution < -0.4 is 15.4 Å². The van der Waals surface area contributed by atoms with Crippen molar-refractivity contribution in [2.24, 2.45) is 5.92 Å². The molecule has 0 saturated heterocycles. The Balaban J connectivity index is 3.15. The molecule has 0 unspecified atom stereocenters. The van der Waals surface area contributed by atoms with E-state index >= 15 is 0 Å². The van der Waals surface area contributed by atoms with Gasteiger partial charge in [0.05, 0.1) is 12.8 Å². The third kappa shape index (κ3) is 4.01. The van der Waals surface area contributed by atoms with Crippen LogP contribution in [0.1, 0.15) is 40.5 Å². The summed E-state index contributed by atoms with van der Waals surface area (Å²) in [5.41, 5.74) is 6.82. The first kappa shape index (κ1) is 15.6. The van der Waals surface area contributed by atoms with Crippen molar-refractivity contribution in [2.75, 3.05) is 24.3 Å². The van der Waals surface area contributed by atoms with E-state index in [4.69, 9.17) is 10.5 Å². The lowest BCUT2D eigenvalue weighted by molar-refractivity contribution is 0.396. The second-order valence-electron chi connectivity index (χ2n) is 5.28. The fourth-order valence-corrected chi connectivity index (χ4v) is 2.32. The second kappa shape index (κ2) is 7.22. The molecule has 0 aliphatic heterocycles. The highest BCUT2D eigenvalue weighted by atomic mass is 16.5. The van der Waals surface area contributed by atoms with Crippen LogP contribution in [0.4, 0.5) is 11.5 Å². The normalized spacial score (nSPS) is 11.1. The van der Waals surface area contributed by atoms with E-state index in [-0.39, 0.29) is 0 Å². The predicted molar refractivity (Wildman–Crippen MR) is 81.8 cm³/mol. The summed E-state index contributed by atoms with van der Waals surface area (Å²) < 4.78 is 5.22. The Morgan fingerprint density at radius 3 is 2.37 bits per heavy atom. The minimum Gasteiger partial charge on any atom is -0.481 e. The van der Waals surface area contributed by atoms with Gasteiger partial charge in [-0.3, -0.25) is 0 Å². The van der Waals surface area contributed by atoms with E-state index in [0.717, 1.165) is 25.2 Å². The van der Waals surface area contributed by atoms with E-state index in [1.165, 1.54) is 0 Å². The van der Waals surface area contributed by atoms with Crippen LogP contribution in [-0.4, -0.2) is 24.7 Å². The Kier molecular flexibility index (Phi) is 5.93. The van der Waals surface area contributed by atoms with E-state index in [9.17, 15) is 0 Å². The summed E-state index contributed by atoms with van der Waals surface area (Å²) in [6, 6.07) is 4.14. The van der Waals surface area contributed by atoms with Crippen LogP contribution in [-0.2, 0) is 0 Å². The SMILES string of the molecule is CCC(CC)N(CC(C)C)c1nc(OC)ccc1N. The zero-order valence-corrected chi connectivity index (χ0v) is 12.8.